The summed E-state index contributed by atoms with van der Waals surface area (Å²) in [5.74, 6) is 0. The van der Waals surface area contributed by atoms with Gasteiger partial charge < -0.3 is 4.98 Å². The topological polar surface area (TPSA) is 96.0 Å². The number of hydrogen-bond donors (Lipinski definition) is 2. The summed E-state index contributed by atoms with van der Waals surface area (Å²) in [5, 5.41) is 8.18. The molecule has 6 aromatic rings. The molecule has 7 nitrogen and oxygen atoms in total. The first-order valence-corrected chi connectivity index (χ1v) is 9.92. The molecule has 144 valence electrons. The van der Waals surface area contributed by atoms with Crippen LogP contribution in [0.4, 0.5) is 4.39 Å². The number of nitrogens with zero attached hydrogens (tertiary/aromatic N) is 5. The van der Waals surface area contributed by atoms with Gasteiger partial charge in [-0.2, -0.15) is 9.49 Å². The Balaban J connectivity index is 1.52. The highest BCUT2D eigenvalue weighted by atomic mass is 32.1. The molecule has 0 atom stereocenters. The van der Waals surface area contributed by atoms with E-state index in [0.717, 1.165) is 55.1 Å². The van der Waals surface area contributed by atoms with Crippen LogP contribution in [0.1, 0.15) is 0 Å². The van der Waals surface area contributed by atoms with Crippen LogP contribution in [0.2, 0.25) is 0 Å². The molecular weight excluding hydrogens is 401 g/mol. The summed E-state index contributed by atoms with van der Waals surface area (Å²) < 4.78 is 13.6. The predicted molar refractivity (Wildman–Crippen MR) is 113 cm³/mol. The molecule has 0 radical (unpaired) electrons. The van der Waals surface area contributed by atoms with Gasteiger partial charge in [-0.3, -0.25) is 5.10 Å². The summed E-state index contributed by atoms with van der Waals surface area (Å²) in [4.78, 5) is 21.5. The number of pyridine rings is 2. The van der Waals surface area contributed by atoms with Crippen molar-refractivity contribution < 1.29 is 4.39 Å². The van der Waals surface area contributed by atoms with E-state index in [1.54, 1.807) is 24.7 Å². The molecule has 0 spiro atoms. The Bertz CT molecular complexity index is 1520. The normalized spacial score (nSPS) is 11.5. The first kappa shape index (κ1) is 16.9. The van der Waals surface area contributed by atoms with Crippen LogP contribution in [0.15, 0.2) is 61.3 Å². The first-order valence-electron chi connectivity index (χ1n) is 9.10. The summed E-state index contributed by atoms with van der Waals surface area (Å²) >= 11 is 1.11. The molecule has 0 aromatic carbocycles. The van der Waals surface area contributed by atoms with Crippen LogP contribution < -0.4 is 0 Å². The second-order valence-corrected chi connectivity index (χ2v) is 7.73. The minimum Gasteiger partial charge on any atom is -0.338 e. The van der Waals surface area contributed by atoms with Crippen LogP contribution in [0, 0.1) is 5.13 Å². The number of hydrogen-bond acceptors (Lipinski definition) is 6. The maximum atomic E-state index is 13.6. The number of halogens is 1. The maximum Gasteiger partial charge on any atom is 0.176 e. The molecule has 0 saturated heterocycles. The Labute approximate surface area is 172 Å². The molecule has 0 fully saturated rings. The molecular formula is C21H12FN7S. The smallest absolute Gasteiger partial charge is 0.176 e. The van der Waals surface area contributed by atoms with Crippen molar-refractivity contribution in [3.8, 4) is 33.1 Å². The van der Waals surface area contributed by atoms with E-state index in [4.69, 9.17) is 4.98 Å². The molecule has 0 unspecified atom stereocenters. The molecule has 0 aliphatic carbocycles. The lowest BCUT2D eigenvalue weighted by atomic mass is 10.1. The molecule has 6 aromatic heterocycles. The van der Waals surface area contributed by atoms with Gasteiger partial charge in [-0.15, -0.1) is 11.3 Å². The lowest BCUT2D eigenvalue weighted by molar-refractivity contribution is 0.657. The highest BCUT2D eigenvalue weighted by Gasteiger charge is 2.16. The van der Waals surface area contributed by atoms with Crippen LogP contribution in [0.3, 0.4) is 0 Å². The van der Waals surface area contributed by atoms with E-state index in [2.05, 4.69) is 30.1 Å². The number of fused-ring (bicyclic) bond motifs is 2. The lowest BCUT2D eigenvalue weighted by Gasteiger charge is -2.00. The molecule has 6 heterocycles. The zero-order valence-electron chi connectivity index (χ0n) is 15.3. The van der Waals surface area contributed by atoms with Gasteiger partial charge in [-0.05, 0) is 36.4 Å². The molecule has 9 heteroatoms. The summed E-state index contributed by atoms with van der Waals surface area (Å²) in [6.07, 6.45) is 6.64. The fourth-order valence-electron chi connectivity index (χ4n) is 3.51. The third kappa shape index (κ3) is 2.67. The largest absolute Gasteiger partial charge is 0.338 e. The molecule has 0 aliphatic rings. The van der Waals surface area contributed by atoms with Gasteiger partial charge in [0.05, 0.1) is 16.9 Å². The van der Waals surface area contributed by atoms with E-state index in [1.165, 1.54) is 12.4 Å². The van der Waals surface area contributed by atoms with Gasteiger partial charge in [0.25, 0.3) is 0 Å². The number of H-pyrrole nitrogens is 2. The van der Waals surface area contributed by atoms with Gasteiger partial charge in [0.1, 0.15) is 23.2 Å². The lowest BCUT2D eigenvalue weighted by Crippen LogP contribution is -1.87. The van der Waals surface area contributed by atoms with E-state index >= 15 is 0 Å². The van der Waals surface area contributed by atoms with E-state index in [-0.39, 0.29) is 5.13 Å². The zero-order chi connectivity index (χ0) is 20.1. The van der Waals surface area contributed by atoms with Crippen LogP contribution in [0.25, 0.3) is 55.2 Å². The monoisotopic (exact) mass is 413 g/mol. The Morgan fingerprint density at radius 1 is 1.00 bits per heavy atom. The van der Waals surface area contributed by atoms with Gasteiger partial charge in [0, 0.05) is 40.0 Å². The highest BCUT2D eigenvalue weighted by Crippen LogP contribution is 2.35. The average Bonchev–Trinajstić information content (AvgIpc) is 3.51. The van der Waals surface area contributed by atoms with Crippen LogP contribution >= 0.6 is 11.3 Å². The second-order valence-electron chi connectivity index (χ2n) is 6.70. The van der Waals surface area contributed by atoms with Gasteiger partial charge in [0.2, 0.25) is 0 Å². The van der Waals surface area contributed by atoms with Crippen molar-refractivity contribution in [3.05, 3.63) is 66.4 Å². The molecule has 0 bridgehead atoms. The zero-order valence-corrected chi connectivity index (χ0v) is 16.1. The van der Waals surface area contributed by atoms with E-state index < -0.39 is 0 Å². The Kier molecular flexibility index (Phi) is 3.68. The van der Waals surface area contributed by atoms with E-state index in [9.17, 15) is 4.39 Å². The fraction of sp³-hybridized carbons (Fsp3) is 0. The number of rotatable bonds is 3. The van der Waals surface area contributed by atoms with Gasteiger partial charge >= 0.3 is 0 Å². The SMILES string of the molecule is Fc1ccc(-c2ccnc3[nH]c(-c4n[nH]c5ccc(-c6cncnc6)nc45)cc23)s1. The van der Waals surface area contributed by atoms with Gasteiger partial charge in [0.15, 0.2) is 5.13 Å². The third-order valence-electron chi connectivity index (χ3n) is 4.89. The van der Waals surface area contributed by atoms with Gasteiger partial charge in [-0.25, -0.2) is 19.9 Å². The summed E-state index contributed by atoms with van der Waals surface area (Å²) in [5.41, 5.74) is 6.23. The van der Waals surface area contributed by atoms with Crippen LogP contribution in [-0.4, -0.2) is 35.1 Å². The summed E-state index contributed by atoms with van der Waals surface area (Å²) in [6, 6.07) is 11.0. The number of thiophene rings is 1. The average molecular weight is 413 g/mol. The molecule has 6 rings (SSSR count). The van der Waals surface area contributed by atoms with Crippen LogP contribution in [0.5, 0.6) is 0 Å². The minimum absolute atomic E-state index is 0.217. The summed E-state index contributed by atoms with van der Waals surface area (Å²) in [6.45, 7) is 0. The Hall–Kier alpha value is -3.98. The Morgan fingerprint density at radius 2 is 1.90 bits per heavy atom. The van der Waals surface area contributed by atoms with Crippen molar-refractivity contribution in [2.45, 2.75) is 0 Å². The predicted octanol–water partition coefficient (Wildman–Crippen LogP) is 4.83. The number of nitrogens with one attached hydrogen (secondary N) is 2. The molecule has 0 amide bonds. The fourth-order valence-corrected chi connectivity index (χ4v) is 4.28. The third-order valence-corrected chi connectivity index (χ3v) is 5.80. The van der Waals surface area contributed by atoms with Crippen molar-refractivity contribution in [1.29, 1.82) is 0 Å². The van der Waals surface area contributed by atoms with Gasteiger partial charge in [-0.1, -0.05) is 0 Å². The first-order chi connectivity index (χ1) is 14.8. The van der Waals surface area contributed by atoms with E-state index in [0.29, 0.717) is 11.3 Å². The van der Waals surface area contributed by atoms with Crippen molar-refractivity contribution in [1.82, 2.24) is 35.1 Å². The van der Waals surface area contributed by atoms with E-state index in [1.807, 2.05) is 24.3 Å². The van der Waals surface area contributed by atoms with Crippen LogP contribution in [-0.2, 0) is 0 Å². The quantitative estimate of drug-likeness (QED) is 0.433. The van der Waals surface area contributed by atoms with Crippen molar-refractivity contribution >= 4 is 33.4 Å². The molecule has 0 aliphatic heterocycles. The standard InChI is InChI=1S/C21H12FN7S/c22-18-4-3-17(30-18)12-5-6-25-21-13(12)7-16(27-21)20-19-15(28-29-20)2-1-14(26-19)11-8-23-10-24-9-11/h1-10H,(H,25,27)(H,28,29). The molecule has 2 N–H and O–H groups in total. The van der Waals surface area contributed by atoms with Crippen molar-refractivity contribution in [3.63, 3.8) is 0 Å². The Morgan fingerprint density at radius 3 is 2.73 bits per heavy atom. The second kappa shape index (κ2) is 6.53. The highest BCUT2D eigenvalue weighted by molar-refractivity contribution is 7.14. The molecule has 0 saturated carbocycles. The summed E-state index contributed by atoms with van der Waals surface area (Å²) in [7, 11) is 0. The molecule has 30 heavy (non-hydrogen) atoms. The number of aromatic nitrogens is 7. The van der Waals surface area contributed by atoms with Crippen molar-refractivity contribution in [2.24, 2.45) is 0 Å². The minimum atomic E-state index is -0.217. The van der Waals surface area contributed by atoms with Crippen molar-refractivity contribution in [2.75, 3.05) is 0 Å². The maximum absolute atomic E-state index is 13.6. The number of aromatic amines is 2.